The third-order valence-electron chi connectivity index (χ3n) is 2.45. The summed E-state index contributed by atoms with van der Waals surface area (Å²) >= 11 is 3.08. The van der Waals surface area contributed by atoms with Gasteiger partial charge in [-0.1, -0.05) is 15.9 Å². The molecule has 0 unspecified atom stereocenters. The number of nitrogens with one attached hydrogen (secondary N) is 1. The number of aromatic carboxylic acids is 1. The summed E-state index contributed by atoms with van der Waals surface area (Å²) in [6, 6.07) is 6.67. The first-order valence-electron chi connectivity index (χ1n) is 5.44. The largest absolute Gasteiger partial charge is 0.478 e. The molecule has 102 valence electrons. The Morgan fingerprint density at radius 2 is 2.00 bits per heavy atom. The van der Waals surface area contributed by atoms with Gasteiger partial charge in [0.2, 0.25) is 0 Å². The van der Waals surface area contributed by atoms with Crippen molar-refractivity contribution in [2.24, 2.45) is 0 Å². The molecule has 1 amide bonds. The van der Waals surface area contributed by atoms with Gasteiger partial charge in [-0.3, -0.25) is 4.79 Å². The first-order chi connectivity index (χ1) is 9.49. The van der Waals surface area contributed by atoms with Crippen molar-refractivity contribution >= 4 is 33.6 Å². The van der Waals surface area contributed by atoms with Crippen LogP contribution in [0.1, 0.15) is 20.7 Å². The number of carboxylic acids is 1. The van der Waals surface area contributed by atoms with Crippen LogP contribution in [0.2, 0.25) is 0 Å². The van der Waals surface area contributed by atoms with E-state index in [1.54, 1.807) is 0 Å². The van der Waals surface area contributed by atoms with E-state index in [1.165, 1.54) is 30.5 Å². The zero-order valence-corrected chi connectivity index (χ0v) is 11.5. The Morgan fingerprint density at radius 3 is 2.65 bits per heavy atom. The minimum atomic E-state index is -1.23. The molecule has 0 aliphatic heterocycles. The molecule has 0 aliphatic rings. The Kier molecular flexibility index (Phi) is 4.09. The lowest BCUT2D eigenvalue weighted by Gasteiger charge is -2.07. The SMILES string of the molecule is O=C(Nc1ncccc1C(=O)O)c1ccc(Br)cc1F. The second kappa shape index (κ2) is 5.79. The summed E-state index contributed by atoms with van der Waals surface area (Å²) in [5.74, 6) is -2.85. The lowest BCUT2D eigenvalue weighted by atomic mass is 10.2. The number of carbonyl (C=O) groups excluding carboxylic acids is 1. The quantitative estimate of drug-likeness (QED) is 0.901. The number of pyridine rings is 1. The zero-order chi connectivity index (χ0) is 14.7. The van der Waals surface area contributed by atoms with Gasteiger partial charge < -0.3 is 10.4 Å². The fourth-order valence-electron chi connectivity index (χ4n) is 1.53. The van der Waals surface area contributed by atoms with Crippen LogP contribution in [0.3, 0.4) is 0 Å². The molecule has 0 atom stereocenters. The summed E-state index contributed by atoms with van der Waals surface area (Å²) in [4.78, 5) is 26.7. The molecule has 5 nitrogen and oxygen atoms in total. The monoisotopic (exact) mass is 338 g/mol. The van der Waals surface area contributed by atoms with Gasteiger partial charge in [-0.05, 0) is 30.3 Å². The first kappa shape index (κ1) is 14.1. The van der Waals surface area contributed by atoms with Crippen LogP contribution in [-0.4, -0.2) is 22.0 Å². The predicted molar refractivity (Wildman–Crippen MR) is 73.2 cm³/mol. The van der Waals surface area contributed by atoms with Gasteiger partial charge in [0.25, 0.3) is 5.91 Å². The molecule has 1 heterocycles. The maximum atomic E-state index is 13.6. The smallest absolute Gasteiger partial charge is 0.339 e. The van der Waals surface area contributed by atoms with E-state index in [4.69, 9.17) is 5.11 Å². The molecule has 2 N–H and O–H groups in total. The average molecular weight is 339 g/mol. The van der Waals surface area contributed by atoms with E-state index >= 15 is 0 Å². The van der Waals surface area contributed by atoms with Crippen molar-refractivity contribution in [3.05, 3.63) is 57.9 Å². The molecule has 0 bridgehead atoms. The lowest BCUT2D eigenvalue weighted by molar-refractivity contribution is 0.0697. The number of aromatic nitrogens is 1. The molecule has 0 fully saturated rings. The maximum Gasteiger partial charge on any atom is 0.339 e. The number of halogens is 2. The molecule has 1 aromatic carbocycles. The first-order valence-corrected chi connectivity index (χ1v) is 6.23. The standard InChI is InChI=1S/C13H8BrFN2O3/c14-7-3-4-8(10(15)6-7)12(18)17-11-9(13(19)20)2-1-5-16-11/h1-6H,(H,19,20)(H,16,17,18). The Hall–Kier alpha value is -2.28. The summed E-state index contributed by atoms with van der Waals surface area (Å²) in [6.07, 6.45) is 1.33. The van der Waals surface area contributed by atoms with Gasteiger partial charge in [0, 0.05) is 10.7 Å². The molecule has 2 aromatic rings. The minimum absolute atomic E-state index is 0.132. The predicted octanol–water partition coefficient (Wildman–Crippen LogP) is 2.93. The highest BCUT2D eigenvalue weighted by atomic mass is 79.9. The number of carboxylic acid groups (broad SMARTS) is 1. The number of nitrogens with zero attached hydrogens (tertiary/aromatic N) is 1. The van der Waals surface area contributed by atoms with Crippen LogP contribution in [0, 0.1) is 5.82 Å². The van der Waals surface area contributed by atoms with Crippen molar-refractivity contribution in [1.29, 1.82) is 0 Å². The highest BCUT2D eigenvalue weighted by Gasteiger charge is 2.16. The highest BCUT2D eigenvalue weighted by Crippen LogP contribution is 2.18. The summed E-state index contributed by atoms with van der Waals surface area (Å²) < 4.78 is 14.1. The Morgan fingerprint density at radius 1 is 1.25 bits per heavy atom. The molecular weight excluding hydrogens is 331 g/mol. The van der Waals surface area contributed by atoms with E-state index in [0.29, 0.717) is 4.47 Å². The number of benzene rings is 1. The normalized spacial score (nSPS) is 10.1. The van der Waals surface area contributed by atoms with Crippen LogP contribution in [-0.2, 0) is 0 Å². The van der Waals surface area contributed by atoms with E-state index in [-0.39, 0.29) is 16.9 Å². The molecule has 0 saturated carbocycles. The number of anilines is 1. The van der Waals surface area contributed by atoms with Gasteiger partial charge in [0.05, 0.1) is 5.56 Å². The molecule has 0 radical (unpaired) electrons. The third-order valence-corrected chi connectivity index (χ3v) is 2.94. The highest BCUT2D eigenvalue weighted by molar-refractivity contribution is 9.10. The molecule has 0 saturated heterocycles. The van der Waals surface area contributed by atoms with Crippen molar-refractivity contribution in [3.8, 4) is 0 Å². The number of hydrogen-bond donors (Lipinski definition) is 2. The zero-order valence-electron chi connectivity index (χ0n) is 9.93. The van der Waals surface area contributed by atoms with Crippen LogP contribution in [0.5, 0.6) is 0 Å². The van der Waals surface area contributed by atoms with Crippen molar-refractivity contribution in [2.45, 2.75) is 0 Å². The molecule has 2 rings (SSSR count). The average Bonchev–Trinajstić information content (AvgIpc) is 2.38. The van der Waals surface area contributed by atoms with Crippen molar-refractivity contribution in [3.63, 3.8) is 0 Å². The van der Waals surface area contributed by atoms with Gasteiger partial charge in [-0.15, -0.1) is 0 Å². The fourth-order valence-corrected chi connectivity index (χ4v) is 1.86. The van der Waals surface area contributed by atoms with Crippen LogP contribution < -0.4 is 5.32 Å². The maximum absolute atomic E-state index is 13.6. The van der Waals surface area contributed by atoms with Gasteiger partial charge in [0.15, 0.2) is 0 Å². The van der Waals surface area contributed by atoms with Crippen LogP contribution >= 0.6 is 15.9 Å². The Labute approximate surface area is 121 Å². The van der Waals surface area contributed by atoms with E-state index in [0.717, 1.165) is 6.07 Å². The van der Waals surface area contributed by atoms with Crippen LogP contribution in [0.25, 0.3) is 0 Å². The molecule has 1 aromatic heterocycles. The lowest BCUT2D eigenvalue weighted by Crippen LogP contribution is -2.17. The Balaban J connectivity index is 2.30. The number of amides is 1. The van der Waals surface area contributed by atoms with Gasteiger partial charge >= 0.3 is 5.97 Å². The van der Waals surface area contributed by atoms with Gasteiger partial charge in [-0.25, -0.2) is 14.2 Å². The minimum Gasteiger partial charge on any atom is -0.478 e. The topological polar surface area (TPSA) is 79.3 Å². The summed E-state index contributed by atoms with van der Waals surface area (Å²) in [6.45, 7) is 0. The van der Waals surface area contributed by atoms with Crippen molar-refractivity contribution in [2.75, 3.05) is 5.32 Å². The molecule has 0 spiro atoms. The number of rotatable bonds is 3. The fraction of sp³-hybridized carbons (Fsp3) is 0. The van der Waals surface area contributed by atoms with Crippen LogP contribution in [0.4, 0.5) is 10.2 Å². The van der Waals surface area contributed by atoms with E-state index < -0.39 is 17.7 Å². The van der Waals surface area contributed by atoms with E-state index in [1.807, 2.05) is 0 Å². The van der Waals surface area contributed by atoms with E-state index in [9.17, 15) is 14.0 Å². The molecule has 0 aliphatic carbocycles. The summed E-state index contributed by atoms with van der Waals surface area (Å²) in [7, 11) is 0. The summed E-state index contributed by atoms with van der Waals surface area (Å²) in [5.41, 5.74) is -0.367. The second-order valence-corrected chi connectivity index (χ2v) is 4.70. The van der Waals surface area contributed by atoms with Gasteiger partial charge in [-0.2, -0.15) is 0 Å². The number of carbonyl (C=O) groups is 2. The molecule has 7 heteroatoms. The molecule has 20 heavy (non-hydrogen) atoms. The third kappa shape index (κ3) is 3.00. The molecular formula is C13H8BrFN2O3. The van der Waals surface area contributed by atoms with Crippen molar-refractivity contribution in [1.82, 2.24) is 4.98 Å². The summed E-state index contributed by atoms with van der Waals surface area (Å²) in [5, 5.41) is 11.3. The number of hydrogen-bond acceptors (Lipinski definition) is 3. The Bertz CT molecular complexity index is 691. The second-order valence-electron chi connectivity index (χ2n) is 3.78. The van der Waals surface area contributed by atoms with Crippen LogP contribution in [0.15, 0.2) is 41.0 Å². The van der Waals surface area contributed by atoms with E-state index in [2.05, 4.69) is 26.2 Å². The van der Waals surface area contributed by atoms with Gasteiger partial charge in [0.1, 0.15) is 17.2 Å². The van der Waals surface area contributed by atoms with Crippen molar-refractivity contribution < 1.29 is 19.1 Å².